The summed E-state index contributed by atoms with van der Waals surface area (Å²) in [6.45, 7) is 0.609. The van der Waals surface area contributed by atoms with Gasteiger partial charge in [0.25, 0.3) is 5.91 Å². The van der Waals surface area contributed by atoms with Gasteiger partial charge in [0, 0.05) is 17.7 Å². The van der Waals surface area contributed by atoms with Crippen molar-refractivity contribution in [3.05, 3.63) is 59.7 Å². The van der Waals surface area contributed by atoms with Crippen molar-refractivity contribution in [2.24, 2.45) is 0 Å². The van der Waals surface area contributed by atoms with E-state index in [4.69, 9.17) is 15.9 Å². The number of ether oxygens (including phenoxy) is 2. The molecular weight excluding hydrogens is 278 g/mol. The number of nitrogens with one attached hydrogen (secondary N) is 1. The molecule has 0 heterocycles. The summed E-state index contributed by atoms with van der Waals surface area (Å²) in [7, 11) is 1.61. The maximum Gasteiger partial charge on any atom is 0.251 e. The first-order valence-electron chi connectivity index (χ1n) is 6.81. The summed E-state index contributed by atoms with van der Waals surface area (Å²) in [5.41, 5.74) is 1.48. The number of terminal acetylenes is 1. The molecule has 0 saturated carbocycles. The fourth-order valence-electron chi connectivity index (χ4n) is 1.95. The first-order valence-corrected chi connectivity index (χ1v) is 6.81. The molecule has 22 heavy (non-hydrogen) atoms. The molecule has 0 fully saturated rings. The smallest absolute Gasteiger partial charge is 0.251 e. The monoisotopic (exact) mass is 295 g/mol. The molecular formula is C18H17NO3. The van der Waals surface area contributed by atoms with E-state index in [0.29, 0.717) is 17.9 Å². The van der Waals surface area contributed by atoms with Crippen LogP contribution in [-0.4, -0.2) is 19.6 Å². The molecule has 2 aromatic carbocycles. The van der Waals surface area contributed by atoms with E-state index in [1.54, 1.807) is 31.4 Å². The SMILES string of the molecule is C#CCOc1ccc(C(=O)NCc2ccccc2OC)cc1. The number of benzene rings is 2. The van der Waals surface area contributed by atoms with Crippen molar-refractivity contribution in [3.8, 4) is 23.8 Å². The van der Waals surface area contributed by atoms with Crippen molar-refractivity contribution in [1.82, 2.24) is 5.32 Å². The summed E-state index contributed by atoms with van der Waals surface area (Å²) < 4.78 is 10.5. The first-order chi connectivity index (χ1) is 10.7. The van der Waals surface area contributed by atoms with Crippen molar-refractivity contribution >= 4 is 5.91 Å². The Hall–Kier alpha value is -2.93. The number of hydrogen-bond acceptors (Lipinski definition) is 3. The van der Waals surface area contributed by atoms with Gasteiger partial charge in [-0.1, -0.05) is 24.1 Å². The van der Waals surface area contributed by atoms with Gasteiger partial charge in [-0.3, -0.25) is 4.79 Å². The van der Waals surface area contributed by atoms with Crippen LogP contribution < -0.4 is 14.8 Å². The van der Waals surface area contributed by atoms with Crippen LogP contribution in [0, 0.1) is 12.3 Å². The van der Waals surface area contributed by atoms with Crippen LogP contribution >= 0.6 is 0 Å². The Morgan fingerprint density at radius 1 is 1.18 bits per heavy atom. The minimum Gasteiger partial charge on any atom is -0.496 e. The Labute approximate surface area is 130 Å². The summed E-state index contributed by atoms with van der Waals surface area (Å²) in [6, 6.07) is 14.4. The van der Waals surface area contributed by atoms with Crippen LogP contribution in [0.25, 0.3) is 0 Å². The lowest BCUT2D eigenvalue weighted by Crippen LogP contribution is -2.22. The number of methoxy groups -OCH3 is 1. The topological polar surface area (TPSA) is 47.6 Å². The number of hydrogen-bond donors (Lipinski definition) is 1. The van der Waals surface area contributed by atoms with Crippen LogP contribution in [0.15, 0.2) is 48.5 Å². The van der Waals surface area contributed by atoms with Crippen LogP contribution in [0.4, 0.5) is 0 Å². The summed E-state index contributed by atoms with van der Waals surface area (Å²) in [6.07, 6.45) is 5.12. The zero-order valence-corrected chi connectivity index (χ0v) is 12.3. The summed E-state index contributed by atoms with van der Waals surface area (Å²) in [4.78, 5) is 12.1. The van der Waals surface area contributed by atoms with Gasteiger partial charge in [-0.05, 0) is 30.3 Å². The van der Waals surface area contributed by atoms with Crippen molar-refractivity contribution in [3.63, 3.8) is 0 Å². The lowest BCUT2D eigenvalue weighted by molar-refractivity contribution is 0.0950. The van der Waals surface area contributed by atoms with Crippen LogP contribution in [-0.2, 0) is 6.54 Å². The van der Waals surface area contributed by atoms with Gasteiger partial charge in [0.2, 0.25) is 0 Å². The van der Waals surface area contributed by atoms with Gasteiger partial charge in [0.15, 0.2) is 0 Å². The molecule has 0 aliphatic rings. The van der Waals surface area contributed by atoms with Crippen molar-refractivity contribution in [1.29, 1.82) is 0 Å². The molecule has 0 aliphatic heterocycles. The molecule has 112 valence electrons. The van der Waals surface area contributed by atoms with Gasteiger partial charge < -0.3 is 14.8 Å². The van der Waals surface area contributed by atoms with Gasteiger partial charge in [-0.2, -0.15) is 0 Å². The van der Waals surface area contributed by atoms with E-state index in [0.717, 1.165) is 11.3 Å². The fourth-order valence-corrected chi connectivity index (χ4v) is 1.95. The zero-order valence-electron chi connectivity index (χ0n) is 12.3. The minimum atomic E-state index is -0.158. The highest BCUT2D eigenvalue weighted by Crippen LogP contribution is 2.17. The van der Waals surface area contributed by atoms with E-state index in [1.165, 1.54) is 0 Å². The molecule has 0 atom stereocenters. The van der Waals surface area contributed by atoms with Crippen molar-refractivity contribution in [2.75, 3.05) is 13.7 Å². The number of carbonyl (C=O) groups excluding carboxylic acids is 1. The molecule has 2 aromatic rings. The van der Waals surface area contributed by atoms with E-state index in [2.05, 4.69) is 11.2 Å². The largest absolute Gasteiger partial charge is 0.496 e. The van der Waals surface area contributed by atoms with Gasteiger partial charge in [0.1, 0.15) is 18.1 Å². The minimum absolute atomic E-state index is 0.158. The van der Waals surface area contributed by atoms with E-state index in [9.17, 15) is 4.79 Å². The Bertz CT molecular complexity index is 671. The molecule has 1 amide bonds. The maximum absolute atomic E-state index is 12.1. The molecule has 0 radical (unpaired) electrons. The predicted octanol–water partition coefficient (Wildman–Crippen LogP) is 2.64. The van der Waals surface area contributed by atoms with Crippen LogP contribution in [0.5, 0.6) is 11.5 Å². The third-order valence-electron chi connectivity index (χ3n) is 3.07. The Morgan fingerprint density at radius 3 is 2.59 bits per heavy atom. The number of para-hydroxylation sites is 1. The molecule has 0 bridgehead atoms. The second kappa shape index (κ2) is 7.75. The standard InChI is InChI=1S/C18H17NO3/c1-3-12-22-16-10-8-14(9-11-16)18(20)19-13-15-6-4-5-7-17(15)21-2/h1,4-11H,12-13H2,2H3,(H,19,20). The summed E-state index contributed by atoms with van der Waals surface area (Å²) in [5.74, 6) is 3.62. The van der Waals surface area contributed by atoms with Gasteiger partial charge in [0.05, 0.1) is 7.11 Å². The molecule has 0 aromatic heterocycles. The second-order valence-electron chi connectivity index (χ2n) is 4.51. The average molecular weight is 295 g/mol. The lowest BCUT2D eigenvalue weighted by Gasteiger charge is -2.10. The molecule has 0 saturated heterocycles. The van der Waals surface area contributed by atoms with Crippen LogP contribution in [0.2, 0.25) is 0 Å². The first kappa shape index (κ1) is 15.5. The molecule has 0 unspecified atom stereocenters. The van der Waals surface area contributed by atoms with Gasteiger partial charge in [-0.15, -0.1) is 6.42 Å². The fraction of sp³-hybridized carbons (Fsp3) is 0.167. The van der Waals surface area contributed by atoms with Crippen molar-refractivity contribution in [2.45, 2.75) is 6.54 Å². The lowest BCUT2D eigenvalue weighted by atomic mass is 10.1. The second-order valence-corrected chi connectivity index (χ2v) is 4.51. The van der Waals surface area contributed by atoms with E-state index in [-0.39, 0.29) is 12.5 Å². The van der Waals surface area contributed by atoms with Crippen LogP contribution in [0.3, 0.4) is 0 Å². The molecule has 0 spiro atoms. The Kier molecular flexibility index (Phi) is 5.44. The third kappa shape index (κ3) is 4.03. The van der Waals surface area contributed by atoms with Gasteiger partial charge in [-0.25, -0.2) is 0 Å². The quantitative estimate of drug-likeness (QED) is 0.833. The molecule has 4 heteroatoms. The summed E-state index contributed by atoms with van der Waals surface area (Å²) >= 11 is 0. The van der Waals surface area contributed by atoms with E-state index >= 15 is 0 Å². The molecule has 1 N–H and O–H groups in total. The maximum atomic E-state index is 12.1. The molecule has 0 aliphatic carbocycles. The predicted molar refractivity (Wildman–Crippen MR) is 84.9 cm³/mol. The number of carbonyl (C=O) groups is 1. The molecule has 4 nitrogen and oxygen atoms in total. The summed E-state index contributed by atoms with van der Waals surface area (Å²) in [5, 5.41) is 2.86. The Morgan fingerprint density at radius 2 is 1.91 bits per heavy atom. The van der Waals surface area contributed by atoms with Crippen molar-refractivity contribution < 1.29 is 14.3 Å². The highest BCUT2D eigenvalue weighted by Gasteiger charge is 2.07. The normalized spacial score (nSPS) is 9.64. The Balaban J connectivity index is 1.96. The number of rotatable bonds is 6. The zero-order chi connectivity index (χ0) is 15.8. The van der Waals surface area contributed by atoms with Crippen LogP contribution in [0.1, 0.15) is 15.9 Å². The average Bonchev–Trinajstić information content (AvgIpc) is 2.58. The molecule has 2 rings (SSSR count). The third-order valence-corrected chi connectivity index (χ3v) is 3.07. The van der Waals surface area contributed by atoms with Gasteiger partial charge >= 0.3 is 0 Å². The highest BCUT2D eigenvalue weighted by molar-refractivity contribution is 5.94. The van der Waals surface area contributed by atoms with E-state index in [1.807, 2.05) is 24.3 Å². The van der Waals surface area contributed by atoms with E-state index < -0.39 is 0 Å². The highest BCUT2D eigenvalue weighted by atomic mass is 16.5. The number of amides is 1.